The van der Waals surface area contributed by atoms with Gasteiger partial charge in [0.05, 0.1) is 18.9 Å². The minimum atomic E-state index is -0.483. The number of oxazole rings is 1. The molecule has 154 valence electrons. The number of nitrogens with one attached hydrogen (secondary N) is 1. The standard InChI is InChI=1S/C20H18N4O5S/c1-27-20(26)13-6-10-30-18(13)23-16(25)12-4-7-24(8-5-12)19-14(11-21)22-17(29-19)15-3-2-9-28-15/h2-3,6,9-10,12H,4-5,7-8H2,1H3,(H,23,25). The fourth-order valence-corrected chi connectivity index (χ4v) is 4.12. The van der Waals surface area contributed by atoms with Crippen LogP contribution in [-0.4, -0.2) is 37.1 Å². The molecule has 0 aliphatic carbocycles. The Hall–Kier alpha value is -3.58. The highest BCUT2D eigenvalue weighted by molar-refractivity contribution is 7.14. The summed E-state index contributed by atoms with van der Waals surface area (Å²) in [4.78, 5) is 30.6. The fraction of sp³-hybridized carbons (Fsp3) is 0.300. The molecule has 3 aromatic rings. The summed E-state index contributed by atoms with van der Waals surface area (Å²) in [5.41, 5.74) is 0.532. The summed E-state index contributed by atoms with van der Waals surface area (Å²) < 4.78 is 15.8. The molecular formula is C20H18N4O5S. The molecule has 0 atom stereocenters. The number of hydrogen-bond acceptors (Lipinski definition) is 9. The van der Waals surface area contributed by atoms with Gasteiger partial charge < -0.3 is 23.8 Å². The van der Waals surface area contributed by atoms with Crippen molar-refractivity contribution in [1.29, 1.82) is 5.26 Å². The molecule has 9 nitrogen and oxygen atoms in total. The van der Waals surface area contributed by atoms with Crippen LogP contribution < -0.4 is 10.2 Å². The van der Waals surface area contributed by atoms with Crippen molar-refractivity contribution in [3.63, 3.8) is 0 Å². The maximum absolute atomic E-state index is 12.7. The third-order valence-corrected chi connectivity index (χ3v) is 5.74. The first-order valence-electron chi connectivity index (χ1n) is 9.27. The number of methoxy groups -OCH3 is 1. The molecule has 0 saturated carbocycles. The van der Waals surface area contributed by atoms with Crippen molar-refractivity contribution >= 4 is 34.1 Å². The first-order valence-corrected chi connectivity index (χ1v) is 10.1. The number of carbonyl (C=O) groups excluding carboxylic acids is 2. The Morgan fingerprint density at radius 2 is 2.17 bits per heavy atom. The summed E-state index contributed by atoms with van der Waals surface area (Å²) in [7, 11) is 1.30. The molecule has 1 aliphatic rings. The lowest BCUT2D eigenvalue weighted by atomic mass is 9.96. The van der Waals surface area contributed by atoms with Crippen molar-refractivity contribution in [2.24, 2.45) is 5.92 Å². The second-order valence-electron chi connectivity index (χ2n) is 6.67. The van der Waals surface area contributed by atoms with Crippen molar-refractivity contribution in [2.45, 2.75) is 12.8 Å². The van der Waals surface area contributed by atoms with Crippen LogP contribution in [-0.2, 0) is 9.53 Å². The second-order valence-corrected chi connectivity index (χ2v) is 7.58. The van der Waals surface area contributed by atoms with Gasteiger partial charge in [0.1, 0.15) is 11.1 Å². The highest BCUT2D eigenvalue weighted by Crippen LogP contribution is 2.32. The van der Waals surface area contributed by atoms with Crippen LogP contribution in [0.3, 0.4) is 0 Å². The number of rotatable bonds is 5. The molecule has 30 heavy (non-hydrogen) atoms. The smallest absolute Gasteiger partial charge is 0.340 e. The average molecular weight is 426 g/mol. The Labute approximate surface area is 175 Å². The van der Waals surface area contributed by atoms with Gasteiger partial charge in [-0.05, 0) is 36.4 Å². The highest BCUT2D eigenvalue weighted by atomic mass is 32.1. The van der Waals surface area contributed by atoms with Crippen LogP contribution in [0, 0.1) is 17.2 Å². The number of esters is 1. The molecular weight excluding hydrogens is 408 g/mol. The number of ether oxygens (including phenoxy) is 1. The van der Waals surface area contributed by atoms with E-state index in [0.29, 0.717) is 48.1 Å². The van der Waals surface area contributed by atoms with Crippen LogP contribution in [0.15, 0.2) is 38.7 Å². The Bertz CT molecular complexity index is 1090. The highest BCUT2D eigenvalue weighted by Gasteiger charge is 2.30. The van der Waals surface area contributed by atoms with E-state index in [-0.39, 0.29) is 23.4 Å². The third kappa shape index (κ3) is 3.79. The molecule has 4 heterocycles. The summed E-state index contributed by atoms with van der Waals surface area (Å²) in [5.74, 6) is 0.240. The minimum Gasteiger partial charge on any atom is -0.465 e. The fourth-order valence-electron chi connectivity index (χ4n) is 3.34. The first kappa shape index (κ1) is 19.7. The minimum absolute atomic E-state index is 0.142. The van der Waals surface area contributed by atoms with Crippen LogP contribution in [0.2, 0.25) is 0 Å². The van der Waals surface area contributed by atoms with Crippen LogP contribution in [0.4, 0.5) is 10.9 Å². The molecule has 0 radical (unpaired) electrons. The van der Waals surface area contributed by atoms with Crippen molar-refractivity contribution in [3.8, 4) is 17.7 Å². The van der Waals surface area contributed by atoms with Gasteiger partial charge in [-0.1, -0.05) is 0 Å². The number of nitriles is 1. The van der Waals surface area contributed by atoms with Crippen molar-refractivity contribution in [2.75, 3.05) is 30.4 Å². The largest absolute Gasteiger partial charge is 0.465 e. The number of nitrogens with zero attached hydrogens (tertiary/aromatic N) is 3. The van der Waals surface area contributed by atoms with E-state index < -0.39 is 5.97 Å². The summed E-state index contributed by atoms with van der Waals surface area (Å²) in [6.45, 7) is 1.07. The van der Waals surface area contributed by atoms with Gasteiger partial charge in [-0.25, -0.2) is 4.79 Å². The molecule has 1 fully saturated rings. The molecule has 1 N–H and O–H groups in total. The van der Waals surface area contributed by atoms with Crippen LogP contribution in [0.1, 0.15) is 28.9 Å². The Morgan fingerprint density at radius 3 is 2.83 bits per heavy atom. The zero-order valence-electron chi connectivity index (χ0n) is 16.1. The van der Waals surface area contributed by atoms with Crippen LogP contribution in [0.25, 0.3) is 11.7 Å². The summed E-state index contributed by atoms with van der Waals surface area (Å²) in [6.07, 6.45) is 2.66. The number of furan rings is 1. The molecule has 3 aromatic heterocycles. The molecule has 1 amide bonds. The predicted molar refractivity (Wildman–Crippen MR) is 108 cm³/mol. The van der Waals surface area contributed by atoms with E-state index in [4.69, 9.17) is 13.6 Å². The van der Waals surface area contributed by atoms with E-state index in [9.17, 15) is 14.9 Å². The number of hydrogen-bond donors (Lipinski definition) is 1. The number of anilines is 2. The summed E-state index contributed by atoms with van der Waals surface area (Å²) in [5, 5.41) is 14.5. The normalized spacial score (nSPS) is 14.3. The molecule has 10 heteroatoms. The number of thiophene rings is 1. The van der Waals surface area contributed by atoms with Gasteiger partial charge >= 0.3 is 5.97 Å². The van der Waals surface area contributed by atoms with E-state index >= 15 is 0 Å². The quantitative estimate of drug-likeness (QED) is 0.615. The third-order valence-electron chi connectivity index (χ3n) is 4.91. The lowest BCUT2D eigenvalue weighted by molar-refractivity contribution is -0.120. The molecule has 1 aliphatic heterocycles. The van der Waals surface area contributed by atoms with Crippen molar-refractivity contribution < 1.29 is 23.2 Å². The molecule has 0 bridgehead atoms. The van der Waals surface area contributed by atoms with E-state index in [1.165, 1.54) is 24.7 Å². The average Bonchev–Trinajstić information content (AvgIpc) is 3.53. The van der Waals surface area contributed by atoms with Gasteiger partial charge in [-0.2, -0.15) is 10.2 Å². The maximum atomic E-state index is 12.7. The molecule has 0 unspecified atom stereocenters. The predicted octanol–water partition coefficient (Wildman–Crippen LogP) is 3.51. The van der Waals surface area contributed by atoms with Gasteiger partial charge in [-0.15, -0.1) is 11.3 Å². The number of carbonyl (C=O) groups is 2. The first-order chi connectivity index (χ1) is 14.6. The molecule has 1 saturated heterocycles. The van der Waals surface area contributed by atoms with Crippen molar-refractivity contribution in [3.05, 3.63) is 41.1 Å². The number of amides is 1. The van der Waals surface area contributed by atoms with E-state index in [2.05, 4.69) is 16.4 Å². The van der Waals surface area contributed by atoms with Gasteiger partial charge in [0.15, 0.2) is 5.76 Å². The SMILES string of the molecule is COC(=O)c1ccsc1NC(=O)C1CCN(c2oc(-c3ccco3)nc2C#N)CC1. The topological polar surface area (TPSA) is 122 Å². The zero-order chi connectivity index (χ0) is 21.1. The monoisotopic (exact) mass is 426 g/mol. The van der Waals surface area contributed by atoms with Crippen LogP contribution >= 0.6 is 11.3 Å². The van der Waals surface area contributed by atoms with E-state index in [1.54, 1.807) is 23.6 Å². The summed E-state index contributed by atoms with van der Waals surface area (Å²) >= 11 is 1.28. The van der Waals surface area contributed by atoms with Gasteiger partial charge in [-0.3, -0.25) is 4.79 Å². The number of piperidine rings is 1. The van der Waals surface area contributed by atoms with Gasteiger partial charge in [0.25, 0.3) is 5.89 Å². The van der Waals surface area contributed by atoms with Crippen molar-refractivity contribution in [1.82, 2.24) is 4.98 Å². The Morgan fingerprint density at radius 1 is 1.37 bits per heavy atom. The Balaban J connectivity index is 1.41. The van der Waals surface area contributed by atoms with Gasteiger partial charge in [0, 0.05) is 19.0 Å². The molecule has 0 spiro atoms. The van der Waals surface area contributed by atoms with E-state index in [1.807, 2.05) is 4.90 Å². The lowest BCUT2D eigenvalue weighted by Crippen LogP contribution is -2.38. The molecule has 0 aromatic carbocycles. The van der Waals surface area contributed by atoms with E-state index in [0.717, 1.165) is 0 Å². The second kappa shape index (κ2) is 8.42. The molecule has 4 rings (SSSR count). The van der Waals surface area contributed by atoms with Crippen LogP contribution in [0.5, 0.6) is 0 Å². The lowest BCUT2D eigenvalue weighted by Gasteiger charge is -2.30. The Kier molecular flexibility index (Phi) is 5.54. The number of aromatic nitrogens is 1. The summed E-state index contributed by atoms with van der Waals surface area (Å²) in [6, 6.07) is 7.10. The zero-order valence-corrected chi connectivity index (χ0v) is 16.9. The maximum Gasteiger partial charge on any atom is 0.340 e. The van der Waals surface area contributed by atoms with Gasteiger partial charge in [0.2, 0.25) is 17.5 Å².